The third kappa shape index (κ3) is 4.56. The smallest absolute Gasteiger partial charge is 0.231 e. The highest BCUT2D eigenvalue weighted by molar-refractivity contribution is 5.76. The summed E-state index contributed by atoms with van der Waals surface area (Å²) >= 11 is 0. The van der Waals surface area contributed by atoms with Gasteiger partial charge in [0, 0.05) is 71.9 Å². The van der Waals surface area contributed by atoms with Crippen LogP contribution >= 0.6 is 0 Å². The molecule has 0 aliphatic carbocycles. The summed E-state index contributed by atoms with van der Waals surface area (Å²) < 4.78 is 10.8. The van der Waals surface area contributed by atoms with E-state index in [4.69, 9.17) is 9.47 Å². The van der Waals surface area contributed by atoms with Gasteiger partial charge in [-0.25, -0.2) is 0 Å². The maximum Gasteiger partial charge on any atom is 0.231 e. The zero-order valence-electron chi connectivity index (χ0n) is 16.2. The Balaban J connectivity index is 1.17. The summed E-state index contributed by atoms with van der Waals surface area (Å²) in [6.45, 7) is 8.51. The van der Waals surface area contributed by atoms with Gasteiger partial charge in [0.1, 0.15) is 0 Å². The monoisotopic (exact) mass is 388 g/mol. The van der Waals surface area contributed by atoms with Crippen molar-refractivity contribution >= 4 is 12.3 Å². The SMILES string of the molecule is O=CN1CCN(CCC(=O)N2CCN(Cc3ccc4c(c3)OCO4)CC2)CC1. The Kier molecular flexibility index (Phi) is 5.97. The van der Waals surface area contributed by atoms with Crippen molar-refractivity contribution in [2.45, 2.75) is 13.0 Å². The number of piperazine rings is 2. The predicted molar refractivity (Wildman–Crippen MR) is 103 cm³/mol. The van der Waals surface area contributed by atoms with Crippen LogP contribution in [0.25, 0.3) is 0 Å². The largest absolute Gasteiger partial charge is 0.454 e. The number of fused-ring (bicyclic) bond motifs is 1. The fraction of sp³-hybridized carbons (Fsp3) is 0.600. The maximum atomic E-state index is 12.5. The Morgan fingerprint density at radius 1 is 0.929 bits per heavy atom. The molecule has 0 N–H and O–H groups in total. The van der Waals surface area contributed by atoms with Crippen molar-refractivity contribution in [2.24, 2.45) is 0 Å². The third-order valence-corrected chi connectivity index (χ3v) is 5.77. The third-order valence-electron chi connectivity index (χ3n) is 5.77. The van der Waals surface area contributed by atoms with Gasteiger partial charge in [0.25, 0.3) is 0 Å². The highest BCUT2D eigenvalue weighted by Gasteiger charge is 2.23. The van der Waals surface area contributed by atoms with Crippen LogP contribution in [0.5, 0.6) is 11.5 Å². The fourth-order valence-corrected chi connectivity index (χ4v) is 3.96. The first kappa shape index (κ1) is 19.0. The highest BCUT2D eigenvalue weighted by Crippen LogP contribution is 2.32. The minimum atomic E-state index is 0.237. The zero-order chi connectivity index (χ0) is 19.3. The Bertz CT molecular complexity index is 697. The summed E-state index contributed by atoms with van der Waals surface area (Å²) in [4.78, 5) is 31.7. The summed E-state index contributed by atoms with van der Waals surface area (Å²) in [5.74, 6) is 1.87. The van der Waals surface area contributed by atoms with Crippen molar-refractivity contribution in [1.29, 1.82) is 0 Å². The number of ether oxygens (including phenoxy) is 2. The number of hydrogen-bond donors (Lipinski definition) is 0. The van der Waals surface area contributed by atoms with Crippen LogP contribution in [0.1, 0.15) is 12.0 Å². The van der Waals surface area contributed by atoms with E-state index in [-0.39, 0.29) is 5.91 Å². The number of carbonyl (C=O) groups is 2. The van der Waals surface area contributed by atoms with Gasteiger partial charge in [0.05, 0.1) is 0 Å². The number of carbonyl (C=O) groups excluding carboxylic acids is 2. The molecule has 28 heavy (non-hydrogen) atoms. The van der Waals surface area contributed by atoms with E-state index >= 15 is 0 Å². The van der Waals surface area contributed by atoms with Crippen molar-refractivity contribution in [2.75, 3.05) is 65.7 Å². The van der Waals surface area contributed by atoms with Crippen LogP contribution < -0.4 is 9.47 Å². The average Bonchev–Trinajstić information content (AvgIpc) is 3.21. The molecule has 3 aliphatic heterocycles. The molecule has 3 heterocycles. The quantitative estimate of drug-likeness (QED) is 0.650. The highest BCUT2D eigenvalue weighted by atomic mass is 16.7. The molecule has 2 fully saturated rings. The Morgan fingerprint density at radius 3 is 2.39 bits per heavy atom. The summed E-state index contributed by atoms with van der Waals surface area (Å²) in [6, 6.07) is 6.09. The molecule has 3 aliphatic rings. The summed E-state index contributed by atoms with van der Waals surface area (Å²) in [6.07, 6.45) is 1.47. The molecule has 8 nitrogen and oxygen atoms in total. The van der Waals surface area contributed by atoms with Gasteiger partial charge in [-0.1, -0.05) is 6.07 Å². The molecular formula is C20H28N4O4. The van der Waals surface area contributed by atoms with Gasteiger partial charge in [0.2, 0.25) is 19.1 Å². The van der Waals surface area contributed by atoms with E-state index in [0.29, 0.717) is 13.2 Å². The van der Waals surface area contributed by atoms with E-state index < -0.39 is 0 Å². The van der Waals surface area contributed by atoms with Gasteiger partial charge >= 0.3 is 0 Å². The molecular weight excluding hydrogens is 360 g/mol. The lowest BCUT2D eigenvalue weighted by Gasteiger charge is -2.36. The van der Waals surface area contributed by atoms with Gasteiger partial charge in [-0.2, -0.15) is 0 Å². The van der Waals surface area contributed by atoms with Gasteiger partial charge in [-0.3, -0.25) is 19.4 Å². The Labute approximate surface area is 165 Å². The molecule has 4 rings (SSSR count). The normalized spacial score (nSPS) is 20.4. The van der Waals surface area contributed by atoms with Crippen LogP contribution in [0.3, 0.4) is 0 Å². The second-order valence-electron chi connectivity index (χ2n) is 7.58. The molecule has 2 saturated heterocycles. The summed E-state index contributed by atoms with van der Waals surface area (Å²) in [7, 11) is 0. The first-order valence-corrected chi connectivity index (χ1v) is 10.0. The van der Waals surface area contributed by atoms with Crippen LogP contribution in [-0.4, -0.2) is 97.6 Å². The zero-order valence-corrected chi connectivity index (χ0v) is 16.2. The number of hydrogen-bond acceptors (Lipinski definition) is 6. The molecule has 0 saturated carbocycles. The number of benzene rings is 1. The van der Waals surface area contributed by atoms with Crippen molar-refractivity contribution in [3.63, 3.8) is 0 Å². The minimum Gasteiger partial charge on any atom is -0.454 e. The molecule has 0 bridgehead atoms. The van der Waals surface area contributed by atoms with Crippen LogP contribution in [-0.2, 0) is 16.1 Å². The van der Waals surface area contributed by atoms with Crippen molar-refractivity contribution < 1.29 is 19.1 Å². The maximum absolute atomic E-state index is 12.5. The Hall–Kier alpha value is -2.32. The van der Waals surface area contributed by atoms with E-state index in [1.165, 1.54) is 5.56 Å². The molecule has 0 spiro atoms. The molecule has 0 atom stereocenters. The lowest BCUT2D eigenvalue weighted by Crippen LogP contribution is -2.50. The van der Waals surface area contributed by atoms with E-state index in [2.05, 4.69) is 15.9 Å². The predicted octanol–water partition coefficient (Wildman–Crippen LogP) is 0.224. The fourth-order valence-electron chi connectivity index (χ4n) is 3.96. The van der Waals surface area contributed by atoms with Crippen molar-refractivity contribution in [3.8, 4) is 11.5 Å². The molecule has 1 aromatic rings. The topological polar surface area (TPSA) is 65.6 Å². The van der Waals surface area contributed by atoms with Crippen molar-refractivity contribution in [3.05, 3.63) is 23.8 Å². The van der Waals surface area contributed by atoms with E-state index in [0.717, 1.165) is 83.4 Å². The number of nitrogens with zero attached hydrogens (tertiary/aromatic N) is 4. The molecule has 2 amide bonds. The summed E-state index contributed by atoms with van der Waals surface area (Å²) in [5, 5.41) is 0. The van der Waals surface area contributed by atoms with Crippen LogP contribution in [0.4, 0.5) is 0 Å². The molecule has 1 aromatic carbocycles. The second-order valence-corrected chi connectivity index (χ2v) is 7.58. The lowest BCUT2D eigenvalue weighted by molar-refractivity contribution is -0.133. The second kappa shape index (κ2) is 8.79. The number of amides is 2. The van der Waals surface area contributed by atoms with Crippen LogP contribution in [0.2, 0.25) is 0 Å². The van der Waals surface area contributed by atoms with E-state index in [1.807, 2.05) is 17.0 Å². The molecule has 0 unspecified atom stereocenters. The van der Waals surface area contributed by atoms with Gasteiger partial charge in [-0.15, -0.1) is 0 Å². The first-order valence-electron chi connectivity index (χ1n) is 10.0. The average molecular weight is 388 g/mol. The number of rotatable bonds is 6. The lowest BCUT2D eigenvalue weighted by atomic mass is 10.1. The molecule has 0 radical (unpaired) electrons. The molecule has 152 valence electrons. The molecule has 0 aromatic heterocycles. The van der Waals surface area contributed by atoms with Gasteiger partial charge in [0.15, 0.2) is 11.5 Å². The van der Waals surface area contributed by atoms with Crippen molar-refractivity contribution in [1.82, 2.24) is 19.6 Å². The minimum absolute atomic E-state index is 0.237. The van der Waals surface area contributed by atoms with Crippen LogP contribution in [0.15, 0.2) is 18.2 Å². The summed E-state index contributed by atoms with van der Waals surface area (Å²) in [5.41, 5.74) is 1.21. The van der Waals surface area contributed by atoms with E-state index in [9.17, 15) is 9.59 Å². The Morgan fingerprint density at radius 2 is 1.64 bits per heavy atom. The van der Waals surface area contributed by atoms with E-state index in [1.54, 1.807) is 4.90 Å². The van der Waals surface area contributed by atoms with Gasteiger partial charge in [-0.05, 0) is 17.7 Å². The molecule has 8 heteroatoms. The first-order chi connectivity index (χ1) is 13.7. The van der Waals surface area contributed by atoms with Gasteiger partial charge < -0.3 is 19.3 Å². The van der Waals surface area contributed by atoms with Crippen LogP contribution in [0, 0.1) is 0 Å². The standard InChI is InChI=1S/C20H28N4O4/c25-15-23-7-5-21(6-8-23)4-3-20(26)24-11-9-22(10-12-24)14-17-1-2-18-19(13-17)28-16-27-18/h1-2,13,15H,3-12,14,16H2.